The first kappa shape index (κ1) is 30.1. The third-order valence-corrected chi connectivity index (χ3v) is 9.88. The zero-order valence-electron chi connectivity index (χ0n) is 23.3. The van der Waals surface area contributed by atoms with E-state index in [1.54, 1.807) is 16.7 Å². The summed E-state index contributed by atoms with van der Waals surface area (Å²) in [7, 11) is 0. The van der Waals surface area contributed by atoms with Crippen molar-refractivity contribution < 1.29 is 19.1 Å². The minimum absolute atomic E-state index is 0.133. The fourth-order valence-corrected chi connectivity index (χ4v) is 7.26. The molecule has 37 heavy (non-hydrogen) atoms. The Morgan fingerprint density at radius 1 is 1.03 bits per heavy atom. The maximum atomic E-state index is 14.0. The van der Waals surface area contributed by atoms with Crippen molar-refractivity contribution in [2.45, 2.75) is 121 Å². The quantitative estimate of drug-likeness (QED) is 0.363. The molecule has 3 amide bonds. The molecule has 0 spiro atoms. The van der Waals surface area contributed by atoms with Gasteiger partial charge < -0.3 is 26.0 Å². The van der Waals surface area contributed by atoms with E-state index in [1.807, 2.05) is 20.8 Å². The van der Waals surface area contributed by atoms with E-state index in [0.717, 1.165) is 18.6 Å². The van der Waals surface area contributed by atoms with Gasteiger partial charge in [-0.15, -0.1) is 0 Å². The summed E-state index contributed by atoms with van der Waals surface area (Å²) in [5, 5.41) is 5.98. The Balaban J connectivity index is 1.70. The summed E-state index contributed by atoms with van der Waals surface area (Å²) in [6.45, 7) is 7.21. The largest absolute Gasteiger partial charge is 0.450 e. The SMILES string of the molecule is CCCOC(=O)N[C@@H](C(=O)N1C[C@H](N)C[C@H]1C(=O)NCC1CCCCC1)C(C)(C)SCC1CCCCC1. The molecule has 3 rings (SSSR count). The molecule has 0 bridgehead atoms. The standard InChI is InChI=1S/C28H50N4O4S/c1-4-15-36-27(35)31-24(28(2,3)37-19-21-13-9-6-10-14-21)26(34)32-18-22(29)16-23(32)25(33)30-17-20-11-7-5-8-12-20/h20-24H,4-19,29H2,1-3H3,(H,30,33)(H,31,35)/t22-,23+,24+/m1/s1. The van der Waals surface area contributed by atoms with Gasteiger partial charge in [0.25, 0.3) is 0 Å². The summed E-state index contributed by atoms with van der Waals surface area (Å²) < 4.78 is 4.72. The van der Waals surface area contributed by atoms with E-state index >= 15 is 0 Å². The summed E-state index contributed by atoms with van der Waals surface area (Å²) >= 11 is 1.74. The predicted octanol–water partition coefficient (Wildman–Crippen LogP) is 4.21. The highest BCUT2D eigenvalue weighted by atomic mass is 32.2. The lowest BCUT2D eigenvalue weighted by Crippen LogP contribution is -2.60. The molecule has 0 aromatic rings. The van der Waals surface area contributed by atoms with E-state index in [2.05, 4.69) is 10.6 Å². The predicted molar refractivity (Wildman–Crippen MR) is 149 cm³/mol. The normalized spacial score (nSPS) is 24.5. The number of thioether (sulfide) groups is 1. The summed E-state index contributed by atoms with van der Waals surface area (Å²) in [6, 6.07) is -1.69. The lowest BCUT2D eigenvalue weighted by molar-refractivity contribution is -0.140. The monoisotopic (exact) mass is 538 g/mol. The Bertz CT molecular complexity index is 752. The average Bonchev–Trinajstić information content (AvgIpc) is 3.30. The van der Waals surface area contributed by atoms with Crippen LogP contribution in [-0.2, 0) is 14.3 Å². The Hall–Kier alpha value is -1.48. The molecule has 2 saturated carbocycles. The van der Waals surface area contributed by atoms with Crippen LogP contribution >= 0.6 is 11.8 Å². The maximum Gasteiger partial charge on any atom is 0.407 e. The Morgan fingerprint density at radius 2 is 1.65 bits per heavy atom. The van der Waals surface area contributed by atoms with E-state index in [1.165, 1.54) is 51.4 Å². The van der Waals surface area contributed by atoms with E-state index in [0.29, 0.717) is 44.4 Å². The van der Waals surface area contributed by atoms with Gasteiger partial charge in [-0.2, -0.15) is 11.8 Å². The van der Waals surface area contributed by atoms with Gasteiger partial charge >= 0.3 is 6.09 Å². The number of carbonyl (C=O) groups excluding carboxylic acids is 3. The van der Waals surface area contributed by atoms with E-state index in [-0.39, 0.29) is 17.9 Å². The van der Waals surface area contributed by atoms with Crippen LogP contribution in [0.5, 0.6) is 0 Å². The van der Waals surface area contributed by atoms with Crippen LogP contribution in [0.4, 0.5) is 4.79 Å². The van der Waals surface area contributed by atoms with Gasteiger partial charge in [0.2, 0.25) is 11.8 Å². The van der Waals surface area contributed by atoms with Gasteiger partial charge in [-0.25, -0.2) is 4.79 Å². The average molecular weight is 539 g/mol. The molecule has 212 valence electrons. The van der Waals surface area contributed by atoms with Crippen molar-refractivity contribution in [2.24, 2.45) is 17.6 Å². The van der Waals surface area contributed by atoms with Crippen molar-refractivity contribution in [1.29, 1.82) is 0 Å². The van der Waals surface area contributed by atoms with Crippen LogP contribution in [-0.4, -0.2) is 71.1 Å². The molecular formula is C28H50N4O4S. The number of hydrogen-bond donors (Lipinski definition) is 3. The molecular weight excluding hydrogens is 488 g/mol. The highest BCUT2D eigenvalue weighted by Gasteiger charge is 2.46. The van der Waals surface area contributed by atoms with Crippen molar-refractivity contribution in [3.05, 3.63) is 0 Å². The Kier molecular flexibility index (Phi) is 11.9. The van der Waals surface area contributed by atoms with E-state index in [9.17, 15) is 14.4 Å². The number of nitrogens with one attached hydrogen (secondary N) is 2. The van der Waals surface area contributed by atoms with Crippen molar-refractivity contribution in [3.63, 3.8) is 0 Å². The summed E-state index contributed by atoms with van der Waals surface area (Å²) in [6.07, 6.45) is 12.8. The van der Waals surface area contributed by atoms with Gasteiger partial charge in [-0.05, 0) is 70.0 Å². The summed E-state index contributed by atoms with van der Waals surface area (Å²) in [4.78, 5) is 41.5. The molecule has 0 radical (unpaired) electrons. The fourth-order valence-electron chi connectivity index (χ4n) is 5.94. The third kappa shape index (κ3) is 9.05. The smallest absolute Gasteiger partial charge is 0.407 e. The Labute approximate surface area is 227 Å². The van der Waals surface area contributed by atoms with Crippen LogP contribution in [0.15, 0.2) is 0 Å². The number of hydrogen-bond acceptors (Lipinski definition) is 6. The lowest BCUT2D eigenvalue weighted by atomic mass is 9.89. The molecule has 0 unspecified atom stereocenters. The lowest BCUT2D eigenvalue weighted by Gasteiger charge is -2.38. The van der Waals surface area contributed by atoms with Crippen molar-refractivity contribution in [1.82, 2.24) is 15.5 Å². The van der Waals surface area contributed by atoms with Gasteiger partial charge in [0, 0.05) is 23.9 Å². The number of nitrogens with zero attached hydrogens (tertiary/aromatic N) is 1. The van der Waals surface area contributed by atoms with Crippen LogP contribution < -0.4 is 16.4 Å². The second-order valence-corrected chi connectivity index (χ2v) is 13.6. The first-order valence-corrected chi connectivity index (χ1v) is 15.6. The number of amides is 3. The molecule has 4 N–H and O–H groups in total. The van der Waals surface area contributed by atoms with Crippen LogP contribution in [0.1, 0.15) is 97.8 Å². The zero-order chi connectivity index (χ0) is 26.8. The van der Waals surface area contributed by atoms with Crippen molar-refractivity contribution in [2.75, 3.05) is 25.4 Å². The topological polar surface area (TPSA) is 114 Å². The molecule has 8 nitrogen and oxygen atoms in total. The molecule has 9 heteroatoms. The maximum absolute atomic E-state index is 14.0. The Morgan fingerprint density at radius 3 is 2.27 bits per heavy atom. The summed E-state index contributed by atoms with van der Waals surface area (Å²) in [5.74, 6) is 1.72. The number of rotatable bonds is 11. The van der Waals surface area contributed by atoms with Gasteiger partial charge in [0.1, 0.15) is 12.1 Å². The number of likely N-dealkylation sites (tertiary alicyclic amines) is 1. The number of ether oxygens (including phenoxy) is 1. The molecule has 1 aliphatic heterocycles. The van der Waals surface area contributed by atoms with Crippen LogP contribution in [0.25, 0.3) is 0 Å². The molecule has 2 aliphatic carbocycles. The zero-order valence-corrected chi connectivity index (χ0v) is 24.1. The van der Waals surface area contributed by atoms with E-state index in [4.69, 9.17) is 10.5 Å². The molecule has 3 aliphatic rings. The van der Waals surface area contributed by atoms with Crippen molar-refractivity contribution in [3.8, 4) is 0 Å². The molecule has 1 saturated heterocycles. The first-order chi connectivity index (χ1) is 17.7. The fraction of sp³-hybridized carbons (Fsp3) is 0.893. The number of alkyl carbamates (subject to hydrolysis) is 1. The van der Waals surface area contributed by atoms with Crippen LogP contribution in [0.2, 0.25) is 0 Å². The highest BCUT2D eigenvalue weighted by Crippen LogP contribution is 2.36. The van der Waals surface area contributed by atoms with Crippen LogP contribution in [0, 0.1) is 11.8 Å². The molecule has 1 heterocycles. The number of nitrogens with two attached hydrogens (primary N) is 1. The second kappa shape index (κ2) is 14.6. The number of carbonyl (C=O) groups is 3. The molecule has 0 aromatic carbocycles. The first-order valence-electron chi connectivity index (χ1n) is 14.6. The molecule has 3 fully saturated rings. The molecule has 3 atom stereocenters. The second-order valence-electron chi connectivity index (χ2n) is 11.9. The minimum Gasteiger partial charge on any atom is -0.450 e. The van der Waals surface area contributed by atoms with Crippen LogP contribution in [0.3, 0.4) is 0 Å². The van der Waals surface area contributed by atoms with Gasteiger partial charge in [0.15, 0.2) is 0 Å². The molecule has 0 aromatic heterocycles. The van der Waals surface area contributed by atoms with Crippen molar-refractivity contribution >= 4 is 29.7 Å². The third-order valence-electron chi connectivity index (χ3n) is 8.27. The van der Waals surface area contributed by atoms with E-state index < -0.39 is 22.9 Å². The van der Waals surface area contributed by atoms with Gasteiger partial charge in [0.05, 0.1) is 6.61 Å². The van der Waals surface area contributed by atoms with Gasteiger partial charge in [-0.3, -0.25) is 9.59 Å². The minimum atomic E-state index is -0.815. The highest BCUT2D eigenvalue weighted by molar-refractivity contribution is 8.00. The summed E-state index contributed by atoms with van der Waals surface area (Å²) in [5.41, 5.74) is 6.27. The van der Waals surface area contributed by atoms with Gasteiger partial charge in [-0.1, -0.05) is 45.4 Å².